The first-order valence-electron chi connectivity index (χ1n) is 7.49. The summed E-state index contributed by atoms with van der Waals surface area (Å²) >= 11 is 0. The highest BCUT2D eigenvalue weighted by Gasteiger charge is 2.26. The number of hydrogen-bond acceptors (Lipinski definition) is 2. The summed E-state index contributed by atoms with van der Waals surface area (Å²) in [6, 6.07) is 0. The molecule has 12 heteroatoms. The van der Waals surface area contributed by atoms with E-state index < -0.39 is 75.9 Å². The zero-order valence-electron chi connectivity index (χ0n) is 14.7. The first-order chi connectivity index (χ1) is 13.5. The molecule has 0 heterocycles. The van der Waals surface area contributed by atoms with Gasteiger partial charge in [-0.3, -0.25) is 0 Å². The Balaban J connectivity index is 0.000000291. The summed E-state index contributed by atoms with van der Waals surface area (Å²) in [5, 5.41) is 0. The minimum absolute atomic E-state index is 0.127. The summed E-state index contributed by atoms with van der Waals surface area (Å²) in [5.74, 6) is -19.4. The van der Waals surface area contributed by atoms with Crippen LogP contribution in [0, 0.1) is 58.2 Å². The summed E-state index contributed by atoms with van der Waals surface area (Å²) in [7, 11) is 2.34. The second kappa shape index (κ2) is 10.4. The lowest BCUT2D eigenvalue weighted by molar-refractivity contribution is 0.174. The Morgan fingerprint density at radius 3 is 1.07 bits per heavy atom. The Hall–Kier alpha value is -2.34. The maximum absolute atomic E-state index is 12.9. The van der Waals surface area contributed by atoms with Crippen molar-refractivity contribution in [1.29, 1.82) is 0 Å². The van der Waals surface area contributed by atoms with Crippen molar-refractivity contribution < 1.29 is 53.4 Å². The molecule has 0 amide bonds. The predicted octanol–water partition coefficient (Wildman–Crippen LogP) is 5.10. The van der Waals surface area contributed by atoms with Crippen LogP contribution in [0.1, 0.15) is 11.1 Å². The number of rotatable bonds is 5. The van der Waals surface area contributed by atoms with Gasteiger partial charge >= 0.3 is 0 Å². The van der Waals surface area contributed by atoms with E-state index in [0.29, 0.717) is 0 Å². The smallest absolute Gasteiger partial charge is 0.200 e. The molecule has 2 aromatic rings. The van der Waals surface area contributed by atoms with Crippen molar-refractivity contribution >= 4 is 0 Å². The van der Waals surface area contributed by atoms with Crippen LogP contribution in [0.25, 0.3) is 0 Å². The molecule has 0 aromatic heterocycles. The average molecular weight is 438 g/mol. The van der Waals surface area contributed by atoms with Crippen molar-refractivity contribution in [3.05, 3.63) is 69.3 Å². The highest BCUT2D eigenvalue weighted by Crippen LogP contribution is 2.24. The normalized spacial score (nSPS) is 10.8. The van der Waals surface area contributed by atoms with Gasteiger partial charge in [0.1, 0.15) is 0 Å². The lowest BCUT2D eigenvalue weighted by Gasteiger charge is -2.07. The third kappa shape index (κ3) is 5.18. The molecular formula is C17H12F10O2. The van der Waals surface area contributed by atoms with Crippen molar-refractivity contribution in [2.24, 2.45) is 0 Å². The van der Waals surface area contributed by atoms with Crippen LogP contribution in [0.3, 0.4) is 0 Å². The number of methoxy groups -OCH3 is 2. The Morgan fingerprint density at radius 2 is 0.759 bits per heavy atom. The zero-order valence-corrected chi connectivity index (χ0v) is 14.7. The molecule has 0 spiro atoms. The van der Waals surface area contributed by atoms with Gasteiger partial charge in [0.2, 0.25) is 11.6 Å². The quantitative estimate of drug-likeness (QED) is 0.368. The molecule has 162 valence electrons. The summed E-state index contributed by atoms with van der Waals surface area (Å²) < 4.78 is 136. The second-order valence-electron chi connectivity index (χ2n) is 5.27. The summed E-state index contributed by atoms with van der Waals surface area (Å²) in [6.45, 7) is -0.801. The van der Waals surface area contributed by atoms with Gasteiger partial charge in [-0.05, 0) is 0 Å². The Bertz CT molecular complexity index is 827. The molecule has 0 aliphatic rings. The first-order valence-corrected chi connectivity index (χ1v) is 7.49. The predicted molar refractivity (Wildman–Crippen MR) is 78.8 cm³/mol. The topological polar surface area (TPSA) is 18.5 Å². The van der Waals surface area contributed by atoms with Crippen molar-refractivity contribution in [3.63, 3.8) is 0 Å². The van der Waals surface area contributed by atoms with Crippen molar-refractivity contribution in [2.45, 2.75) is 13.0 Å². The van der Waals surface area contributed by atoms with E-state index in [1.807, 2.05) is 0 Å². The fraction of sp³-hybridized carbons (Fsp3) is 0.294. The maximum Gasteiger partial charge on any atom is 0.200 e. The molecule has 0 aliphatic carbocycles. The van der Waals surface area contributed by atoms with E-state index in [0.717, 1.165) is 7.11 Å². The molecule has 0 unspecified atom stereocenters. The van der Waals surface area contributed by atoms with Crippen LogP contribution >= 0.6 is 0 Å². The molecule has 0 radical (unpaired) electrons. The molecule has 2 rings (SSSR count). The lowest BCUT2D eigenvalue weighted by atomic mass is 10.1. The second-order valence-corrected chi connectivity index (χ2v) is 5.27. The van der Waals surface area contributed by atoms with Gasteiger partial charge in [0.15, 0.2) is 46.5 Å². The highest BCUT2D eigenvalue weighted by molar-refractivity contribution is 5.24. The molecule has 2 nitrogen and oxygen atoms in total. The van der Waals surface area contributed by atoms with Crippen LogP contribution in [-0.4, -0.2) is 20.8 Å². The van der Waals surface area contributed by atoms with Crippen molar-refractivity contribution in [3.8, 4) is 0 Å². The monoisotopic (exact) mass is 438 g/mol. The zero-order chi connectivity index (χ0) is 22.5. The Labute approximate surface area is 157 Å². The van der Waals surface area contributed by atoms with E-state index >= 15 is 0 Å². The molecule has 0 atom stereocenters. The van der Waals surface area contributed by atoms with Gasteiger partial charge < -0.3 is 9.47 Å². The van der Waals surface area contributed by atoms with Crippen LogP contribution in [0.4, 0.5) is 43.9 Å². The van der Waals surface area contributed by atoms with E-state index in [9.17, 15) is 43.9 Å². The summed E-state index contributed by atoms with van der Waals surface area (Å²) in [4.78, 5) is 0. The van der Waals surface area contributed by atoms with E-state index in [4.69, 9.17) is 0 Å². The van der Waals surface area contributed by atoms with Gasteiger partial charge in [-0.1, -0.05) is 0 Å². The lowest BCUT2D eigenvalue weighted by Crippen LogP contribution is -2.09. The SMILES string of the molecule is COCCc1c(F)c(F)c(F)c(F)c1F.COCc1c(F)c(F)c(F)c(F)c1F. The average Bonchev–Trinajstić information content (AvgIpc) is 2.71. The van der Waals surface area contributed by atoms with Gasteiger partial charge in [-0.15, -0.1) is 0 Å². The molecule has 0 saturated heterocycles. The largest absolute Gasteiger partial charge is 0.384 e. The molecule has 0 N–H and O–H groups in total. The summed E-state index contributed by atoms with van der Waals surface area (Å²) in [5.41, 5.74) is -1.82. The van der Waals surface area contributed by atoms with Crippen molar-refractivity contribution in [1.82, 2.24) is 0 Å². The fourth-order valence-corrected chi connectivity index (χ4v) is 2.00. The standard InChI is InChI=1S/C9H7F5O.C8H5F5O/c1-15-3-2-4-5(10)7(12)9(14)8(13)6(4)11;1-14-2-3-4(9)6(11)8(13)7(12)5(3)10/h2-3H2,1H3;2H2,1H3. The van der Waals surface area contributed by atoms with Gasteiger partial charge in [0, 0.05) is 26.2 Å². The Kier molecular flexibility index (Phi) is 8.89. The minimum atomic E-state index is -2.17. The molecular weight excluding hydrogens is 426 g/mol. The van der Waals surface area contributed by atoms with Crippen LogP contribution in [-0.2, 0) is 22.5 Å². The number of benzene rings is 2. The molecule has 29 heavy (non-hydrogen) atoms. The van der Waals surface area contributed by atoms with Gasteiger partial charge in [0.05, 0.1) is 18.8 Å². The van der Waals surface area contributed by atoms with E-state index in [2.05, 4.69) is 9.47 Å². The maximum atomic E-state index is 12.9. The van der Waals surface area contributed by atoms with Crippen LogP contribution < -0.4 is 0 Å². The number of hydrogen-bond donors (Lipinski definition) is 0. The molecule has 0 saturated carbocycles. The highest BCUT2D eigenvalue weighted by atomic mass is 19.2. The molecule has 0 fully saturated rings. The van der Waals surface area contributed by atoms with Gasteiger partial charge in [-0.25, -0.2) is 43.9 Å². The molecule has 2 aromatic carbocycles. The van der Waals surface area contributed by atoms with E-state index in [1.54, 1.807) is 0 Å². The number of halogens is 10. The van der Waals surface area contributed by atoms with E-state index in [1.165, 1.54) is 7.11 Å². The van der Waals surface area contributed by atoms with Gasteiger partial charge in [-0.2, -0.15) is 0 Å². The van der Waals surface area contributed by atoms with Crippen LogP contribution in [0.2, 0.25) is 0 Å². The van der Waals surface area contributed by atoms with Gasteiger partial charge in [0.25, 0.3) is 0 Å². The molecule has 0 aliphatic heterocycles. The summed E-state index contributed by atoms with van der Waals surface area (Å²) in [6.07, 6.45) is -0.373. The molecule has 0 bridgehead atoms. The number of ether oxygens (including phenoxy) is 2. The minimum Gasteiger partial charge on any atom is -0.384 e. The third-order valence-electron chi connectivity index (χ3n) is 3.45. The Morgan fingerprint density at radius 1 is 0.448 bits per heavy atom. The third-order valence-corrected chi connectivity index (χ3v) is 3.45. The van der Waals surface area contributed by atoms with Crippen LogP contribution in [0.15, 0.2) is 0 Å². The van der Waals surface area contributed by atoms with Crippen LogP contribution in [0.5, 0.6) is 0 Å². The van der Waals surface area contributed by atoms with E-state index in [-0.39, 0.29) is 13.0 Å². The fourth-order valence-electron chi connectivity index (χ4n) is 2.00. The first kappa shape index (κ1) is 24.7. The van der Waals surface area contributed by atoms with Crippen molar-refractivity contribution in [2.75, 3.05) is 20.8 Å².